The Morgan fingerprint density at radius 2 is 2.00 bits per heavy atom. The van der Waals surface area contributed by atoms with Gasteiger partial charge in [0.1, 0.15) is 12.0 Å². The number of benzene rings is 2. The summed E-state index contributed by atoms with van der Waals surface area (Å²) in [5, 5.41) is 7.38. The van der Waals surface area contributed by atoms with Crippen molar-refractivity contribution in [3.63, 3.8) is 0 Å². The number of sulfone groups is 1. The molecular formula is C23H25FN4O2S. The Morgan fingerprint density at radius 1 is 1.16 bits per heavy atom. The number of aryl methyl sites for hydroxylation is 1. The Balaban J connectivity index is 1.58. The minimum absolute atomic E-state index is 0.0273. The van der Waals surface area contributed by atoms with Crippen LogP contribution in [-0.2, 0) is 16.4 Å². The van der Waals surface area contributed by atoms with Gasteiger partial charge in [-0.2, -0.15) is 0 Å². The van der Waals surface area contributed by atoms with E-state index in [1.807, 2.05) is 48.2 Å². The Bertz CT molecular complexity index is 1250. The zero-order chi connectivity index (χ0) is 21.6. The molecule has 2 aliphatic heterocycles. The third kappa shape index (κ3) is 3.85. The van der Waals surface area contributed by atoms with E-state index in [-0.39, 0.29) is 11.8 Å². The van der Waals surface area contributed by atoms with Gasteiger partial charge in [0, 0.05) is 43.3 Å². The van der Waals surface area contributed by atoms with Crippen molar-refractivity contribution < 1.29 is 12.8 Å². The smallest absolute Gasteiger partial charge is 0.180 e. The summed E-state index contributed by atoms with van der Waals surface area (Å²) in [5.41, 5.74) is 3.48. The van der Waals surface area contributed by atoms with Crippen molar-refractivity contribution in [3.8, 4) is 0 Å². The fourth-order valence-corrected chi connectivity index (χ4v) is 5.85. The third-order valence-corrected chi connectivity index (χ3v) is 7.84. The van der Waals surface area contributed by atoms with E-state index in [1.54, 1.807) is 12.1 Å². The SMILES string of the molecule is Cc1ccc2nc(N3CCS(=O)(=O)c4ccccc4C3)cc(N[C@@H]3CNC[C@H]3F)c2c1. The highest BCUT2D eigenvalue weighted by Gasteiger charge is 2.29. The van der Waals surface area contributed by atoms with Crippen molar-refractivity contribution in [3.05, 3.63) is 59.7 Å². The molecule has 31 heavy (non-hydrogen) atoms. The molecule has 2 atom stereocenters. The van der Waals surface area contributed by atoms with Gasteiger partial charge in [0.05, 0.1) is 22.2 Å². The molecule has 2 N–H and O–H groups in total. The van der Waals surface area contributed by atoms with Gasteiger partial charge in [-0.25, -0.2) is 17.8 Å². The van der Waals surface area contributed by atoms with Gasteiger partial charge in [-0.3, -0.25) is 0 Å². The molecule has 3 heterocycles. The quantitative estimate of drug-likeness (QED) is 0.652. The van der Waals surface area contributed by atoms with Crippen LogP contribution in [-0.4, -0.2) is 51.0 Å². The molecule has 0 spiro atoms. The fourth-order valence-electron chi connectivity index (χ4n) is 4.35. The van der Waals surface area contributed by atoms with Crippen LogP contribution in [0.4, 0.5) is 15.9 Å². The number of hydrogen-bond donors (Lipinski definition) is 2. The predicted molar refractivity (Wildman–Crippen MR) is 121 cm³/mol. The second-order valence-corrected chi connectivity index (χ2v) is 10.4. The minimum atomic E-state index is -3.35. The molecule has 0 amide bonds. The van der Waals surface area contributed by atoms with Crippen LogP contribution < -0.4 is 15.5 Å². The molecule has 0 radical (unpaired) electrons. The molecule has 2 aromatic carbocycles. The maximum Gasteiger partial charge on any atom is 0.180 e. The van der Waals surface area contributed by atoms with Gasteiger partial charge in [0.2, 0.25) is 0 Å². The van der Waals surface area contributed by atoms with E-state index in [0.717, 1.165) is 27.7 Å². The largest absolute Gasteiger partial charge is 0.377 e. The van der Waals surface area contributed by atoms with Crippen LogP contribution >= 0.6 is 0 Å². The number of pyridine rings is 1. The average molecular weight is 441 g/mol. The first kappa shape index (κ1) is 20.2. The molecule has 0 aliphatic carbocycles. The van der Waals surface area contributed by atoms with Gasteiger partial charge in [-0.15, -0.1) is 0 Å². The Morgan fingerprint density at radius 3 is 2.81 bits per heavy atom. The van der Waals surface area contributed by atoms with Crippen molar-refractivity contribution in [2.45, 2.75) is 30.6 Å². The number of hydrogen-bond acceptors (Lipinski definition) is 6. The molecule has 6 nitrogen and oxygen atoms in total. The topological polar surface area (TPSA) is 74.3 Å². The minimum Gasteiger partial charge on any atom is -0.377 e. The zero-order valence-corrected chi connectivity index (χ0v) is 18.1. The monoisotopic (exact) mass is 440 g/mol. The first-order valence-corrected chi connectivity index (χ1v) is 12.1. The number of aromatic nitrogens is 1. The Kier molecular flexibility index (Phi) is 5.06. The van der Waals surface area contributed by atoms with Gasteiger partial charge in [0.25, 0.3) is 0 Å². The predicted octanol–water partition coefficient (Wildman–Crippen LogP) is 3.06. The molecule has 162 valence electrons. The van der Waals surface area contributed by atoms with Crippen LogP contribution in [0.25, 0.3) is 10.9 Å². The molecule has 5 rings (SSSR count). The maximum absolute atomic E-state index is 14.3. The lowest BCUT2D eigenvalue weighted by Crippen LogP contribution is -2.30. The van der Waals surface area contributed by atoms with E-state index in [1.165, 1.54) is 0 Å². The molecular weight excluding hydrogens is 415 g/mol. The Labute approximate surface area is 181 Å². The van der Waals surface area contributed by atoms with E-state index >= 15 is 0 Å². The summed E-state index contributed by atoms with van der Waals surface area (Å²) in [7, 11) is -3.35. The van der Waals surface area contributed by atoms with E-state index in [0.29, 0.717) is 36.9 Å². The molecule has 1 aromatic heterocycles. The highest BCUT2D eigenvalue weighted by Crippen LogP contribution is 2.32. The second kappa shape index (κ2) is 7.76. The summed E-state index contributed by atoms with van der Waals surface area (Å²) < 4.78 is 39.8. The lowest BCUT2D eigenvalue weighted by atomic mass is 10.1. The molecule has 0 bridgehead atoms. The summed E-state index contributed by atoms with van der Waals surface area (Å²) >= 11 is 0. The van der Waals surface area contributed by atoms with Crippen molar-refractivity contribution in [1.82, 2.24) is 10.3 Å². The zero-order valence-electron chi connectivity index (χ0n) is 17.3. The highest BCUT2D eigenvalue weighted by molar-refractivity contribution is 7.91. The first-order valence-electron chi connectivity index (χ1n) is 10.5. The van der Waals surface area contributed by atoms with Gasteiger partial charge >= 0.3 is 0 Å². The number of fused-ring (bicyclic) bond motifs is 2. The summed E-state index contributed by atoms with van der Waals surface area (Å²) in [6, 6.07) is 14.8. The summed E-state index contributed by atoms with van der Waals surface area (Å²) in [6.45, 7) is 3.71. The van der Waals surface area contributed by atoms with Gasteiger partial charge in [-0.1, -0.05) is 29.8 Å². The summed E-state index contributed by atoms with van der Waals surface area (Å²) in [6.07, 6.45) is -0.966. The molecule has 0 unspecified atom stereocenters. The van der Waals surface area contributed by atoms with Crippen molar-refractivity contribution in [2.24, 2.45) is 0 Å². The highest BCUT2D eigenvalue weighted by atomic mass is 32.2. The second-order valence-electron chi connectivity index (χ2n) is 8.32. The van der Waals surface area contributed by atoms with E-state index < -0.39 is 16.0 Å². The summed E-state index contributed by atoms with van der Waals surface area (Å²) in [4.78, 5) is 7.23. The molecule has 1 fully saturated rings. The number of alkyl halides is 1. The number of nitrogens with one attached hydrogen (secondary N) is 2. The van der Waals surface area contributed by atoms with Gasteiger partial charge in [0.15, 0.2) is 9.84 Å². The standard InChI is InChI=1S/C23H25FN4O2S/c1-15-6-7-19-17(10-15)20(26-21-13-25-12-18(21)24)11-23(27-19)28-8-9-31(29,30)22-5-3-2-4-16(22)14-28/h2-7,10-11,18,21,25H,8-9,12-14H2,1H3,(H,26,27)/t18-,21-/m1/s1. The molecule has 1 saturated heterocycles. The first-order chi connectivity index (χ1) is 14.9. The van der Waals surface area contributed by atoms with E-state index in [2.05, 4.69) is 10.6 Å². The van der Waals surface area contributed by atoms with Crippen molar-refractivity contribution in [1.29, 1.82) is 0 Å². The van der Waals surface area contributed by atoms with Gasteiger partial charge in [-0.05, 0) is 30.7 Å². The normalized spacial score (nSPS) is 22.8. The molecule has 0 saturated carbocycles. The fraction of sp³-hybridized carbons (Fsp3) is 0.348. The lowest BCUT2D eigenvalue weighted by molar-refractivity contribution is 0.343. The molecule has 8 heteroatoms. The Hall–Kier alpha value is -2.71. The van der Waals surface area contributed by atoms with E-state index in [9.17, 15) is 12.8 Å². The number of halogens is 1. The van der Waals surface area contributed by atoms with Gasteiger partial charge < -0.3 is 15.5 Å². The van der Waals surface area contributed by atoms with Crippen molar-refractivity contribution >= 4 is 32.2 Å². The number of rotatable bonds is 3. The van der Waals surface area contributed by atoms with Crippen LogP contribution in [0.3, 0.4) is 0 Å². The van der Waals surface area contributed by atoms with Crippen LogP contribution in [0, 0.1) is 6.92 Å². The van der Waals surface area contributed by atoms with Crippen LogP contribution in [0.1, 0.15) is 11.1 Å². The number of anilines is 2. The van der Waals surface area contributed by atoms with Crippen molar-refractivity contribution in [2.75, 3.05) is 35.6 Å². The molecule has 2 aliphatic rings. The average Bonchev–Trinajstić information content (AvgIpc) is 3.09. The van der Waals surface area contributed by atoms with Crippen LogP contribution in [0.5, 0.6) is 0 Å². The molecule has 3 aromatic rings. The lowest BCUT2D eigenvalue weighted by Gasteiger charge is -2.24. The third-order valence-electron chi connectivity index (χ3n) is 6.05. The maximum atomic E-state index is 14.3. The summed E-state index contributed by atoms with van der Waals surface area (Å²) in [5.74, 6) is 0.714. The number of nitrogens with zero attached hydrogens (tertiary/aromatic N) is 2. The van der Waals surface area contributed by atoms with E-state index in [4.69, 9.17) is 4.98 Å². The van der Waals surface area contributed by atoms with Crippen LogP contribution in [0.15, 0.2) is 53.4 Å². The van der Waals surface area contributed by atoms with Crippen LogP contribution in [0.2, 0.25) is 0 Å².